The molecule has 0 radical (unpaired) electrons. The number of carbonyl (C=O) groups excluding carboxylic acids is 2. The van der Waals surface area contributed by atoms with Crippen molar-refractivity contribution in [1.29, 1.82) is 0 Å². The third-order valence-corrected chi connectivity index (χ3v) is 6.75. The minimum Gasteiger partial charge on any atom is -0.478 e. The fourth-order valence-electron chi connectivity index (χ4n) is 4.68. The van der Waals surface area contributed by atoms with E-state index in [9.17, 15) is 9.59 Å². The fourth-order valence-corrected chi connectivity index (χ4v) is 4.85. The van der Waals surface area contributed by atoms with Gasteiger partial charge in [-0.3, -0.25) is 9.59 Å². The molecule has 1 aromatic carbocycles. The lowest BCUT2D eigenvalue weighted by molar-refractivity contribution is -0.143. The molecule has 1 N–H and O–H groups in total. The largest absolute Gasteiger partial charge is 0.478 e. The number of halogens is 3. The number of nitrogens with zero attached hydrogens (tertiary/aromatic N) is 2. The molecular weight excluding hydrogens is 501 g/mol. The van der Waals surface area contributed by atoms with Crippen molar-refractivity contribution < 1.29 is 19.1 Å². The fraction of sp³-hybridized carbons (Fsp3) is 0.583. The number of para-hydroxylation sites is 1. The second kappa shape index (κ2) is 11.4. The number of alkyl halides is 3. The first-order chi connectivity index (χ1) is 16.3. The van der Waals surface area contributed by atoms with Crippen LogP contribution >= 0.6 is 34.8 Å². The van der Waals surface area contributed by atoms with Gasteiger partial charge in [0, 0.05) is 24.9 Å². The van der Waals surface area contributed by atoms with E-state index in [1.165, 1.54) is 0 Å². The van der Waals surface area contributed by atoms with E-state index in [4.69, 9.17) is 44.3 Å². The molecule has 0 unspecified atom stereocenters. The Hall–Kier alpha value is -1.67. The zero-order valence-corrected chi connectivity index (χ0v) is 21.3. The molecule has 1 aromatic heterocycles. The van der Waals surface area contributed by atoms with Crippen LogP contribution in [-0.4, -0.2) is 64.5 Å². The Morgan fingerprint density at radius 3 is 2.68 bits per heavy atom. The van der Waals surface area contributed by atoms with Gasteiger partial charge in [-0.25, -0.2) is 0 Å². The van der Waals surface area contributed by atoms with Gasteiger partial charge in [-0.15, -0.1) is 0 Å². The summed E-state index contributed by atoms with van der Waals surface area (Å²) >= 11 is 16.8. The summed E-state index contributed by atoms with van der Waals surface area (Å²) in [5.74, 6) is 0.697. The van der Waals surface area contributed by atoms with Crippen molar-refractivity contribution >= 4 is 57.6 Å². The van der Waals surface area contributed by atoms with Gasteiger partial charge in [0.2, 0.25) is 9.67 Å². The number of ether oxygens (including phenoxy) is 2. The zero-order valence-electron chi connectivity index (χ0n) is 19.0. The average molecular weight is 531 g/mol. The van der Waals surface area contributed by atoms with Crippen molar-refractivity contribution in [2.45, 2.75) is 42.4 Å². The van der Waals surface area contributed by atoms with E-state index >= 15 is 0 Å². The Kier molecular flexibility index (Phi) is 8.51. The van der Waals surface area contributed by atoms with Crippen molar-refractivity contribution in [2.75, 3.05) is 39.4 Å². The summed E-state index contributed by atoms with van der Waals surface area (Å²) in [6.07, 6.45) is 3.95. The number of aromatic nitrogens is 1. The molecule has 1 saturated heterocycles. The second-order valence-corrected chi connectivity index (χ2v) is 11.4. The minimum atomic E-state index is -1.58. The first-order valence-electron chi connectivity index (χ1n) is 11.8. The lowest BCUT2D eigenvalue weighted by Crippen LogP contribution is -2.39. The topological polar surface area (TPSA) is 72.8 Å². The quantitative estimate of drug-likeness (QED) is 0.400. The van der Waals surface area contributed by atoms with Gasteiger partial charge in [-0.1, -0.05) is 53.0 Å². The Balaban J connectivity index is 1.21. The number of amides is 1. The maximum atomic E-state index is 13.1. The van der Waals surface area contributed by atoms with Crippen molar-refractivity contribution in [3.63, 3.8) is 0 Å². The molecule has 2 aromatic rings. The standard InChI is InChI=1S/C24H30Cl3N3O4/c25-24(26,27)16-34-20(31)7-3-10-29-12-8-17(9-13-29)15-28-22(32)21-18-5-1-2-6-19(18)30-11-4-14-33-23(21)30/h1-2,5-6,17H,3-4,7-16H2,(H,28,32). The van der Waals surface area contributed by atoms with Gasteiger partial charge in [-0.05, 0) is 57.3 Å². The number of aryl methyl sites for hydroxylation is 1. The molecule has 0 aliphatic carbocycles. The number of rotatable bonds is 8. The van der Waals surface area contributed by atoms with Gasteiger partial charge in [0.1, 0.15) is 12.2 Å². The predicted octanol–water partition coefficient (Wildman–Crippen LogP) is 4.56. The lowest BCUT2D eigenvalue weighted by atomic mass is 9.96. The van der Waals surface area contributed by atoms with Gasteiger partial charge in [0.25, 0.3) is 5.91 Å². The normalized spacial score (nSPS) is 17.3. The van der Waals surface area contributed by atoms with Crippen molar-refractivity contribution in [3.05, 3.63) is 29.8 Å². The van der Waals surface area contributed by atoms with E-state index in [-0.39, 0.29) is 18.5 Å². The SMILES string of the molecule is O=C(CCCN1CCC(CNC(=O)c2c3n(c4ccccc24)CCCO3)CC1)OCC(Cl)(Cl)Cl. The molecule has 1 amide bonds. The number of hydrogen-bond acceptors (Lipinski definition) is 5. The van der Waals surface area contributed by atoms with Crippen LogP contribution in [0.2, 0.25) is 0 Å². The minimum absolute atomic E-state index is 0.0670. The molecule has 4 rings (SSSR count). The van der Waals surface area contributed by atoms with Crippen LogP contribution in [0.5, 0.6) is 5.88 Å². The Labute approximate surface area is 214 Å². The van der Waals surface area contributed by atoms with E-state index in [1.807, 2.05) is 24.3 Å². The van der Waals surface area contributed by atoms with Crippen LogP contribution in [-0.2, 0) is 16.1 Å². The number of fused-ring (bicyclic) bond motifs is 3. The first kappa shape index (κ1) is 25.4. The summed E-state index contributed by atoms with van der Waals surface area (Å²) in [4.78, 5) is 27.2. The number of piperidine rings is 1. The number of esters is 1. The van der Waals surface area contributed by atoms with Gasteiger partial charge >= 0.3 is 5.97 Å². The smallest absolute Gasteiger partial charge is 0.305 e. The molecule has 2 aliphatic heterocycles. The van der Waals surface area contributed by atoms with Crippen LogP contribution in [0.15, 0.2) is 24.3 Å². The molecule has 7 nitrogen and oxygen atoms in total. The van der Waals surface area contributed by atoms with Crippen LogP contribution < -0.4 is 10.1 Å². The second-order valence-electron chi connectivity index (χ2n) is 8.93. The van der Waals surface area contributed by atoms with Crippen molar-refractivity contribution in [3.8, 4) is 5.88 Å². The molecule has 3 heterocycles. The van der Waals surface area contributed by atoms with E-state index in [1.54, 1.807) is 0 Å². The summed E-state index contributed by atoms with van der Waals surface area (Å²) in [5, 5.41) is 4.10. The van der Waals surface area contributed by atoms with Gasteiger partial charge < -0.3 is 24.3 Å². The first-order valence-corrected chi connectivity index (χ1v) is 12.9. The molecule has 1 fully saturated rings. The van der Waals surface area contributed by atoms with Crippen LogP contribution in [0.25, 0.3) is 10.9 Å². The third kappa shape index (κ3) is 6.51. The number of carbonyl (C=O) groups is 2. The maximum Gasteiger partial charge on any atom is 0.305 e. The zero-order chi connectivity index (χ0) is 24.1. The third-order valence-electron chi connectivity index (χ3n) is 6.43. The summed E-state index contributed by atoms with van der Waals surface area (Å²) < 4.78 is 11.4. The summed E-state index contributed by atoms with van der Waals surface area (Å²) in [6, 6.07) is 7.99. The van der Waals surface area contributed by atoms with Crippen LogP contribution in [0, 0.1) is 5.92 Å². The molecule has 34 heavy (non-hydrogen) atoms. The predicted molar refractivity (Wildman–Crippen MR) is 134 cm³/mol. The van der Waals surface area contributed by atoms with E-state index in [0.29, 0.717) is 43.4 Å². The Morgan fingerprint density at radius 2 is 1.91 bits per heavy atom. The van der Waals surface area contributed by atoms with Crippen LogP contribution in [0.3, 0.4) is 0 Å². The van der Waals surface area contributed by atoms with Gasteiger partial charge in [-0.2, -0.15) is 0 Å². The highest BCUT2D eigenvalue weighted by atomic mass is 35.6. The molecular formula is C24H30Cl3N3O4. The van der Waals surface area contributed by atoms with Crippen molar-refractivity contribution in [1.82, 2.24) is 14.8 Å². The Bertz CT molecular complexity index is 1010. The number of benzene rings is 1. The molecule has 10 heteroatoms. The van der Waals surface area contributed by atoms with Crippen LogP contribution in [0.4, 0.5) is 0 Å². The van der Waals surface area contributed by atoms with Crippen molar-refractivity contribution in [2.24, 2.45) is 5.92 Å². The number of hydrogen-bond donors (Lipinski definition) is 1. The number of nitrogens with one attached hydrogen (secondary N) is 1. The van der Waals surface area contributed by atoms with Crippen LogP contribution in [0.1, 0.15) is 42.5 Å². The lowest BCUT2D eigenvalue weighted by Gasteiger charge is -2.32. The number of likely N-dealkylation sites (tertiary alicyclic amines) is 1. The molecule has 0 atom stereocenters. The molecule has 2 aliphatic rings. The monoisotopic (exact) mass is 529 g/mol. The maximum absolute atomic E-state index is 13.1. The van der Waals surface area contributed by atoms with E-state index < -0.39 is 3.79 Å². The summed E-state index contributed by atoms with van der Waals surface area (Å²) in [7, 11) is 0. The highest BCUT2D eigenvalue weighted by Gasteiger charge is 2.27. The van der Waals surface area contributed by atoms with Gasteiger partial charge in [0.05, 0.1) is 12.1 Å². The van der Waals surface area contributed by atoms with E-state index in [0.717, 1.165) is 56.3 Å². The highest BCUT2D eigenvalue weighted by Crippen LogP contribution is 2.34. The summed E-state index contributed by atoms with van der Waals surface area (Å²) in [6.45, 7) is 4.62. The highest BCUT2D eigenvalue weighted by molar-refractivity contribution is 6.67. The van der Waals surface area contributed by atoms with Gasteiger partial charge in [0.15, 0.2) is 0 Å². The molecule has 186 valence electrons. The Morgan fingerprint density at radius 1 is 1.15 bits per heavy atom. The molecule has 0 saturated carbocycles. The average Bonchev–Trinajstić information content (AvgIpc) is 3.16. The molecule has 0 spiro atoms. The summed E-state index contributed by atoms with van der Waals surface area (Å²) in [5.41, 5.74) is 1.70. The molecule has 0 bridgehead atoms. The van der Waals surface area contributed by atoms with E-state index in [2.05, 4.69) is 14.8 Å².